The minimum absolute atomic E-state index is 0.00102. The van der Waals surface area contributed by atoms with E-state index in [2.05, 4.69) is 19.1 Å². The zero-order chi connectivity index (χ0) is 13.9. The third-order valence-electron chi connectivity index (χ3n) is 5.07. The Morgan fingerprint density at radius 3 is 2.05 bits per heavy atom. The minimum atomic E-state index is -0.108. The van der Waals surface area contributed by atoms with Crippen molar-refractivity contribution in [1.82, 2.24) is 0 Å². The van der Waals surface area contributed by atoms with Gasteiger partial charge in [0.05, 0.1) is 17.5 Å². The predicted molar refractivity (Wildman–Crippen MR) is 76.0 cm³/mol. The third kappa shape index (κ3) is 1.41. The van der Waals surface area contributed by atoms with Gasteiger partial charge in [-0.1, -0.05) is 31.2 Å². The Balaban J connectivity index is 1.70. The molecule has 0 aromatic heterocycles. The molecule has 4 rings (SSSR count). The van der Waals surface area contributed by atoms with Crippen LogP contribution in [0.3, 0.4) is 0 Å². The smallest absolute Gasteiger partial charge is 0.238 e. The highest BCUT2D eigenvalue weighted by Gasteiger charge is 2.59. The van der Waals surface area contributed by atoms with Crippen LogP contribution in [0.2, 0.25) is 0 Å². The van der Waals surface area contributed by atoms with Crippen LogP contribution in [0, 0.1) is 23.7 Å². The van der Waals surface area contributed by atoms with E-state index in [-0.39, 0.29) is 35.5 Å². The number of benzene rings is 1. The molecule has 2 bridgehead atoms. The van der Waals surface area contributed by atoms with Gasteiger partial charge in [-0.05, 0) is 42.4 Å². The number of fused-ring (bicyclic) bond motifs is 5. The standard InChI is InChI=1S/C17H17NO2/c1-2-10-3-7-13(8-4-10)18-16(19)14-11-5-6-12(9-11)15(14)17(18)20/h3-8,11-12,14-15H,2,9H2,1H3/t11-,12-,14-,15+/m0/s1. The number of imide groups is 1. The quantitative estimate of drug-likeness (QED) is 0.610. The second-order valence-corrected chi connectivity index (χ2v) is 6.03. The van der Waals surface area contributed by atoms with Crippen molar-refractivity contribution in [2.75, 3.05) is 4.90 Å². The van der Waals surface area contributed by atoms with Crippen LogP contribution in [0.1, 0.15) is 18.9 Å². The molecule has 0 unspecified atom stereocenters. The molecule has 102 valence electrons. The van der Waals surface area contributed by atoms with Crippen LogP contribution < -0.4 is 4.90 Å². The first-order chi connectivity index (χ1) is 9.70. The molecule has 1 aromatic carbocycles. The monoisotopic (exact) mass is 267 g/mol. The fourth-order valence-electron chi connectivity index (χ4n) is 4.04. The summed E-state index contributed by atoms with van der Waals surface area (Å²) in [6, 6.07) is 7.78. The fourth-order valence-corrected chi connectivity index (χ4v) is 4.04. The zero-order valence-electron chi connectivity index (χ0n) is 11.5. The maximum atomic E-state index is 12.6. The number of carbonyl (C=O) groups excluding carboxylic acids is 2. The lowest BCUT2D eigenvalue weighted by atomic mass is 9.85. The Hall–Kier alpha value is -1.90. The molecule has 1 aliphatic heterocycles. The normalized spacial score (nSPS) is 34.1. The van der Waals surface area contributed by atoms with Gasteiger partial charge in [0.1, 0.15) is 0 Å². The van der Waals surface area contributed by atoms with E-state index < -0.39 is 0 Å². The highest BCUT2D eigenvalue weighted by molar-refractivity contribution is 6.22. The second kappa shape index (κ2) is 4.05. The summed E-state index contributed by atoms with van der Waals surface area (Å²) in [4.78, 5) is 26.6. The lowest BCUT2D eigenvalue weighted by molar-refractivity contribution is -0.123. The van der Waals surface area contributed by atoms with Gasteiger partial charge in [-0.15, -0.1) is 0 Å². The Morgan fingerprint density at radius 1 is 1.00 bits per heavy atom. The molecule has 1 saturated carbocycles. The molecule has 20 heavy (non-hydrogen) atoms. The first-order valence-corrected chi connectivity index (χ1v) is 7.35. The average Bonchev–Trinajstić information content (AvgIpc) is 3.14. The molecule has 0 spiro atoms. The van der Waals surface area contributed by atoms with Crippen LogP contribution in [0.25, 0.3) is 0 Å². The van der Waals surface area contributed by atoms with Gasteiger partial charge < -0.3 is 0 Å². The van der Waals surface area contributed by atoms with Crippen molar-refractivity contribution < 1.29 is 9.59 Å². The molecule has 2 fully saturated rings. The molecule has 3 nitrogen and oxygen atoms in total. The third-order valence-corrected chi connectivity index (χ3v) is 5.07. The van der Waals surface area contributed by atoms with Crippen LogP contribution in [-0.2, 0) is 16.0 Å². The topological polar surface area (TPSA) is 37.4 Å². The lowest BCUT2D eigenvalue weighted by Gasteiger charge is -2.17. The van der Waals surface area contributed by atoms with Crippen LogP contribution in [0.5, 0.6) is 0 Å². The highest BCUT2D eigenvalue weighted by atomic mass is 16.2. The van der Waals surface area contributed by atoms with Gasteiger partial charge in [-0.3, -0.25) is 14.5 Å². The Kier molecular flexibility index (Phi) is 2.40. The Bertz CT molecular complexity index is 586. The van der Waals surface area contributed by atoms with Gasteiger partial charge in [0.25, 0.3) is 0 Å². The number of amides is 2. The van der Waals surface area contributed by atoms with Crippen LogP contribution in [0.4, 0.5) is 5.69 Å². The van der Waals surface area contributed by atoms with Crippen LogP contribution in [0.15, 0.2) is 36.4 Å². The maximum Gasteiger partial charge on any atom is 0.238 e. The van der Waals surface area contributed by atoms with E-state index in [0.717, 1.165) is 18.5 Å². The van der Waals surface area contributed by atoms with Crippen LogP contribution >= 0.6 is 0 Å². The molecule has 1 saturated heterocycles. The van der Waals surface area contributed by atoms with E-state index in [1.54, 1.807) is 0 Å². The largest absolute Gasteiger partial charge is 0.274 e. The van der Waals surface area contributed by atoms with E-state index in [1.165, 1.54) is 10.5 Å². The van der Waals surface area contributed by atoms with Gasteiger partial charge in [0.15, 0.2) is 0 Å². The first-order valence-electron chi connectivity index (χ1n) is 7.35. The zero-order valence-corrected chi connectivity index (χ0v) is 11.5. The van der Waals surface area contributed by atoms with Gasteiger partial charge in [-0.25, -0.2) is 0 Å². The molecule has 3 aliphatic rings. The SMILES string of the molecule is CCc1ccc(N2C(=O)[C@@H]3[C@H](C2=O)[C@H]2C=C[C@H]3C2)cc1. The Labute approximate surface area is 118 Å². The van der Waals surface area contributed by atoms with Gasteiger partial charge >= 0.3 is 0 Å². The molecule has 0 N–H and O–H groups in total. The number of nitrogens with zero attached hydrogens (tertiary/aromatic N) is 1. The number of allylic oxidation sites excluding steroid dienone is 2. The van der Waals surface area contributed by atoms with Crippen molar-refractivity contribution in [1.29, 1.82) is 0 Å². The lowest BCUT2D eigenvalue weighted by Crippen LogP contribution is -2.32. The van der Waals surface area contributed by atoms with Crippen molar-refractivity contribution in [3.05, 3.63) is 42.0 Å². The summed E-state index contributed by atoms with van der Waals surface area (Å²) < 4.78 is 0. The highest BCUT2D eigenvalue weighted by Crippen LogP contribution is 2.53. The molecule has 3 heteroatoms. The summed E-state index contributed by atoms with van der Waals surface area (Å²) in [5.74, 6) is 0.344. The summed E-state index contributed by atoms with van der Waals surface area (Å²) in [6.45, 7) is 2.09. The van der Waals surface area contributed by atoms with Gasteiger partial charge in [0, 0.05) is 0 Å². The number of rotatable bonds is 2. The van der Waals surface area contributed by atoms with E-state index in [9.17, 15) is 9.59 Å². The molecule has 4 atom stereocenters. The van der Waals surface area contributed by atoms with Crippen molar-refractivity contribution >= 4 is 17.5 Å². The number of aryl methyl sites for hydroxylation is 1. The van der Waals surface area contributed by atoms with Gasteiger partial charge in [-0.2, -0.15) is 0 Å². The van der Waals surface area contributed by atoms with E-state index in [0.29, 0.717) is 0 Å². The summed E-state index contributed by atoms with van der Waals surface area (Å²) >= 11 is 0. The predicted octanol–water partition coefficient (Wildman–Crippen LogP) is 2.56. The first kappa shape index (κ1) is 11.9. The molecular formula is C17H17NO2. The van der Waals surface area contributed by atoms with Crippen molar-refractivity contribution in [3.8, 4) is 0 Å². The summed E-state index contributed by atoms with van der Waals surface area (Å²) in [5.41, 5.74) is 1.95. The summed E-state index contributed by atoms with van der Waals surface area (Å²) in [5, 5.41) is 0. The number of hydrogen-bond acceptors (Lipinski definition) is 2. The van der Waals surface area contributed by atoms with Crippen molar-refractivity contribution in [2.45, 2.75) is 19.8 Å². The Morgan fingerprint density at radius 2 is 1.55 bits per heavy atom. The summed E-state index contributed by atoms with van der Waals surface area (Å²) in [6.07, 6.45) is 6.19. The number of hydrogen-bond donors (Lipinski definition) is 0. The molecular weight excluding hydrogens is 250 g/mol. The molecule has 1 aromatic rings. The maximum absolute atomic E-state index is 12.6. The van der Waals surface area contributed by atoms with Crippen LogP contribution in [-0.4, -0.2) is 11.8 Å². The average molecular weight is 267 g/mol. The van der Waals surface area contributed by atoms with E-state index in [4.69, 9.17) is 0 Å². The molecule has 2 aliphatic carbocycles. The van der Waals surface area contributed by atoms with Gasteiger partial charge in [0.2, 0.25) is 11.8 Å². The van der Waals surface area contributed by atoms with Crippen molar-refractivity contribution in [3.63, 3.8) is 0 Å². The molecule has 0 radical (unpaired) electrons. The summed E-state index contributed by atoms with van der Waals surface area (Å²) in [7, 11) is 0. The van der Waals surface area contributed by atoms with Crippen molar-refractivity contribution in [2.24, 2.45) is 23.7 Å². The van der Waals surface area contributed by atoms with E-state index in [1.807, 2.05) is 24.3 Å². The molecule has 1 heterocycles. The fraction of sp³-hybridized carbons (Fsp3) is 0.412. The number of anilines is 1. The molecule has 2 amide bonds. The minimum Gasteiger partial charge on any atom is -0.274 e. The van der Waals surface area contributed by atoms with E-state index >= 15 is 0 Å². The second-order valence-electron chi connectivity index (χ2n) is 6.03. The number of carbonyl (C=O) groups is 2.